The fourth-order valence-electron chi connectivity index (χ4n) is 10.6. The van der Waals surface area contributed by atoms with E-state index in [9.17, 15) is 61.0 Å². The van der Waals surface area contributed by atoms with Crippen LogP contribution in [-0.2, 0) is 33.2 Å². The van der Waals surface area contributed by atoms with Crippen molar-refractivity contribution in [2.75, 3.05) is 26.4 Å². The topological polar surface area (TPSA) is 307 Å². The quantitative estimate of drug-likeness (QED) is 0.0220. The Hall–Kier alpha value is -2.51. The molecule has 19 heteroatoms. The number of unbranched alkanes of at least 4 members (excludes halogenated alkanes) is 21. The molecule has 3 aliphatic rings. The van der Waals surface area contributed by atoms with Gasteiger partial charge in [-0.1, -0.05) is 209 Å². The first-order valence-corrected chi connectivity index (χ1v) is 32.0. The fourth-order valence-corrected chi connectivity index (χ4v) is 10.6. The number of carbonyl (C=O) groups excluding carboxylic acids is 1. The van der Waals surface area contributed by atoms with E-state index in [1.807, 2.05) is 6.08 Å². The van der Waals surface area contributed by atoms with Gasteiger partial charge in [0.15, 0.2) is 18.9 Å². The van der Waals surface area contributed by atoms with Crippen LogP contribution in [-0.4, -0.2) is 193 Å². The predicted molar refractivity (Wildman–Crippen MR) is 318 cm³/mol. The van der Waals surface area contributed by atoms with Gasteiger partial charge in [-0.05, 0) is 51.4 Å². The molecule has 83 heavy (non-hydrogen) atoms. The molecule has 17 unspecified atom stereocenters. The highest BCUT2D eigenvalue weighted by molar-refractivity contribution is 5.76. The van der Waals surface area contributed by atoms with Crippen molar-refractivity contribution in [3.8, 4) is 0 Å². The molecule has 3 heterocycles. The Bertz CT molecular complexity index is 1750. The van der Waals surface area contributed by atoms with Crippen molar-refractivity contribution in [2.24, 2.45) is 0 Å². The Morgan fingerprint density at radius 3 is 1.25 bits per heavy atom. The first-order valence-electron chi connectivity index (χ1n) is 32.0. The van der Waals surface area contributed by atoms with Gasteiger partial charge in [0.05, 0.1) is 38.6 Å². The van der Waals surface area contributed by atoms with Gasteiger partial charge in [0.25, 0.3) is 0 Å². The Kier molecular flexibility index (Phi) is 42.0. The first-order chi connectivity index (χ1) is 40.3. The van der Waals surface area contributed by atoms with Crippen LogP contribution in [0, 0.1) is 0 Å². The molecular weight excluding hydrogens is 1070 g/mol. The van der Waals surface area contributed by atoms with E-state index in [4.69, 9.17) is 28.4 Å². The first kappa shape index (κ1) is 74.7. The SMILES string of the molecule is CC/C=C\C/C=C\C/C=C\C/C=C\C/C=C\CCCC(=O)NC(COC1OC(CO)C(OC2OC(CO)C(OC3OC(CO)C(O)C(O)C3O)C(O)C2O)C(O)C1O)C(O)CCCCCCCCCCCCCCCCCCCCCCC. The number of hydrogen-bond acceptors (Lipinski definition) is 18. The minimum Gasteiger partial charge on any atom is -0.394 e. The second-order valence-corrected chi connectivity index (χ2v) is 22.8. The maximum atomic E-state index is 13.3. The lowest BCUT2D eigenvalue weighted by atomic mass is 9.96. The summed E-state index contributed by atoms with van der Waals surface area (Å²) in [7, 11) is 0. The number of allylic oxidation sites excluding steroid dienone is 10. The minimum absolute atomic E-state index is 0.186. The third-order valence-corrected chi connectivity index (χ3v) is 15.9. The Morgan fingerprint density at radius 2 is 0.819 bits per heavy atom. The standard InChI is InChI=1S/C64H113NO18/c1-3-5-7-9-11-13-15-17-19-21-22-23-24-26-27-29-31-33-35-37-39-41-48(69)47(65-52(70)42-40-38-36-34-32-30-28-25-20-18-16-14-12-10-8-6-4-2)46-78-62-58(76)55(73)60(50(44-67)80-62)83-64-59(77)56(74)61(51(45-68)81-64)82-63-57(75)54(72)53(71)49(43-66)79-63/h6,8,12,14,18,20,28,30,34,36,47-51,53-64,66-69,71-77H,3-5,7,9-11,13,15-17,19,21-27,29,31-33,35,37-46H2,1-2H3,(H,65,70)/b8-6-,14-12-,20-18-,30-28-,36-34-. The predicted octanol–water partition coefficient (Wildman–Crippen LogP) is 6.82. The molecule has 19 nitrogen and oxygen atoms in total. The van der Waals surface area contributed by atoms with E-state index >= 15 is 0 Å². The molecule has 12 N–H and O–H groups in total. The normalized spacial score (nSPS) is 29.8. The number of aliphatic hydroxyl groups excluding tert-OH is 11. The second-order valence-electron chi connectivity index (χ2n) is 22.8. The van der Waals surface area contributed by atoms with Crippen LogP contribution in [0.1, 0.15) is 206 Å². The van der Waals surface area contributed by atoms with Gasteiger partial charge in [-0.15, -0.1) is 0 Å². The van der Waals surface area contributed by atoms with Crippen molar-refractivity contribution in [2.45, 2.75) is 311 Å². The van der Waals surface area contributed by atoms with Gasteiger partial charge in [-0.25, -0.2) is 0 Å². The fraction of sp³-hybridized carbons (Fsp3) is 0.828. The number of hydrogen-bond donors (Lipinski definition) is 12. The summed E-state index contributed by atoms with van der Waals surface area (Å²) in [6.07, 6.45) is 27.4. The highest BCUT2D eigenvalue weighted by Gasteiger charge is 2.53. The molecule has 0 aromatic heterocycles. The van der Waals surface area contributed by atoms with Crippen molar-refractivity contribution in [3.05, 3.63) is 60.8 Å². The van der Waals surface area contributed by atoms with E-state index in [1.54, 1.807) is 0 Å². The van der Waals surface area contributed by atoms with Gasteiger partial charge >= 0.3 is 0 Å². The van der Waals surface area contributed by atoms with Crippen molar-refractivity contribution in [1.82, 2.24) is 5.32 Å². The molecule has 0 aliphatic carbocycles. The molecule has 0 saturated carbocycles. The summed E-state index contributed by atoms with van der Waals surface area (Å²) < 4.78 is 34.3. The van der Waals surface area contributed by atoms with Gasteiger partial charge in [0, 0.05) is 6.42 Å². The molecule has 3 aliphatic heterocycles. The molecule has 17 atom stereocenters. The van der Waals surface area contributed by atoms with Gasteiger partial charge in [0.1, 0.15) is 73.2 Å². The Labute approximate surface area is 496 Å². The van der Waals surface area contributed by atoms with Crippen LogP contribution in [0.2, 0.25) is 0 Å². The summed E-state index contributed by atoms with van der Waals surface area (Å²) >= 11 is 0. The number of nitrogens with one attached hydrogen (secondary N) is 1. The molecule has 0 aromatic carbocycles. The number of carbonyl (C=O) groups is 1. The monoisotopic (exact) mass is 1180 g/mol. The average Bonchev–Trinajstić information content (AvgIpc) is 3.35. The van der Waals surface area contributed by atoms with Gasteiger partial charge in [-0.3, -0.25) is 4.79 Å². The maximum absolute atomic E-state index is 13.3. The summed E-state index contributed by atoms with van der Waals surface area (Å²) in [6, 6.07) is -0.920. The van der Waals surface area contributed by atoms with Crippen molar-refractivity contribution in [1.29, 1.82) is 0 Å². The number of ether oxygens (including phenoxy) is 6. The number of rotatable bonds is 47. The summed E-state index contributed by atoms with van der Waals surface area (Å²) in [4.78, 5) is 13.3. The van der Waals surface area contributed by atoms with Crippen LogP contribution in [0.3, 0.4) is 0 Å². The molecule has 0 aromatic rings. The van der Waals surface area contributed by atoms with E-state index in [1.165, 1.54) is 109 Å². The van der Waals surface area contributed by atoms with E-state index in [-0.39, 0.29) is 18.9 Å². The zero-order valence-electron chi connectivity index (χ0n) is 50.4. The smallest absolute Gasteiger partial charge is 0.220 e. The molecule has 3 saturated heterocycles. The van der Waals surface area contributed by atoms with E-state index in [2.05, 4.69) is 73.8 Å². The molecule has 3 rings (SSSR count). The molecule has 3 fully saturated rings. The Balaban J connectivity index is 1.49. The van der Waals surface area contributed by atoms with Crippen molar-refractivity contribution in [3.63, 3.8) is 0 Å². The lowest BCUT2D eigenvalue weighted by Gasteiger charge is -2.48. The average molecular weight is 1180 g/mol. The minimum atomic E-state index is -1.98. The zero-order valence-corrected chi connectivity index (χ0v) is 50.4. The summed E-state index contributed by atoms with van der Waals surface area (Å²) in [5.74, 6) is -0.300. The molecule has 1 amide bonds. The van der Waals surface area contributed by atoms with Crippen LogP contribution in [0.15, 0.2) is 60.8 Å². The summed E-state index contributed by atoms with van der Waals surface area (Å²) in [6.45, 7) is 1.64. The molecule has 0 radical (unpaired) electrons. The second kappa shape index (κ2) is 46.6. The Morgan fingerprint density at radius 1 is 0.446 bits per heavy atom. The maximum Gasteiger partial charge on any atom is 0.220 e. The van der Waals surface area contributed by atoms with E-state index in [0.29, 0.717) is 25.7 Å². The molecule has 0 spiro atoms. The lowest BCUT2D eigenvalue weighted by Crippen LogP contribution is -2.66. The van der Waals surface area contributed by atoms with E-state index < -0.39 is 124 Å². The molecule has 0 bridgehead atoms. The van der Waals surface area contributed by atoms with Crippen molar-refractivity contribution >= 4 is 5.91 Å². The van der Waals surface area contributed by atoms with Crippen LogP contribution < -0.4 is 5.32 Å². The number of amides is 1. The summed E-state index contributed by atoms with van der Waals surface area (Å²) in [5, 5.41) is 120. The summed E-state index contributed by atoms with van der Waals surface area (Å²) in [5.41, 5.74) is 0. The van der Waals surface area contributed by atoms with Gasteiger partial charge < -0.3 is 89.9 Å². The number of aliphatic hydroxyl groups is 11. The largest absolute Gasteiger partial charge is 0.394 e. The van der Waals surface area contributed by atoms with Gasteiger partial charge in [0.2, 0.25) is 5.91 Å². The van der Waals surface area contributed by atoms with Crippen LogP contribution in [0.4, 0.5) is 0 Å². The van der Waals surface area contributed by atoms with Crippen LogP contribution in [0.25, 0.3) is 0 Å². The highest BCUT2D eigenvalue weighted by atomic mass is 16.8. The zero-order chi connectivity index (χ0) is 60.5. The van der Waals surface area contributed by atoms with Crippen molar-refractivity contribution < 1.29 is 89.4 Å². The molecular formula is C64H113NO18. The van der Waals surface area contributed by atoms with Crippen LogP contribution >= 0.6 is 0 Å². The van der Waals surface area contributed by atoms with Gasteiger partial charge in [-0.2, -0.15) is 0 Å². The molecule has 482 valence electrons. The van der Waals surface area contributed by atoms with Crippen LogP contribution in [0.5, 0.6) is 0 Å². The third-order valence-electron chi connectivity index (χ3n) is 15.9. The van der Waals surface area contributed by atoms with E-state index in [0.717, 1.165) is 51.4 Å². The highest BCUT2D eigenvalue weighted by Crippen LogP contribution is 2.33. The lowest BCUT2D eigenvalue weighted by molar-refractivity contribution is -0.379. The third kappa shape index (κ3) is 29.8.